The number of anilines is 3. The molecule has 0 radical (unpaired) electrons. The smallest absolute Gasteiger partial charge is 0.240 e. The highest BCUT2D eigenvalue weighted by molar-refractivity contribution is 7.18. The number of hydrogen-bond donors (Lipinski definition) is 3. The molecule has 0 aliphatic carbocycles. The number of aromatic nitrogens is 2. The minimum Gasteiger partial charge on any atom is -0.339 e. The molecular weight excluding hydrogens is 329 g/mol. The molecule has 2 aromatic heterocycles. The van der Waals surface area contributed by atoms with Crippen molar-refractivity contribution in [2.75, 3.05) is 10.7 Å². The fourth-order valence-corrected chi connectivity index (χ4v) is 3.09. The molecule has 2 heterocycles. The second kappa shape index (κ2) is 5.65. The molecule has 21 heavy (non-hydrogen) atoms. The summed E-state index contributed by atoms with van der Waals surface area (Å²) in [6, 6.07) is 7.33. The Labute approximate surface area is 135 Å². The maximum Gasteiger partial charge on any atom is 0.240 e. The molecule has 3 rings (SSSR count). The SMILES string of the molecule is Cc1cc2c(Nc3ccc(Cl)c(Cl)c3)nc(NN)nc2s1. The van der Waals surface area contributed by atoms with Crippen molar-refractivity contribution in [3.05, 3.63) is 39.2 Å². The van der Waals surface area contributed by atoms with Gasteiger partial charge in [0, 0.05) is 10.6 Å². The van der Waals surface area contributed by atoms with E-state index in [1.165, 1.54) is 0 Å². The van der Waals surface area contributed by atoms with Crippen LogP contribution in [0.2, 0.25) is 10.0 Å². The zero-order valence-corrected chi connectivity index (χ0v) is 13.3. The van der Waals surface area contributed by atoms with Crippen LogP contribution in [0.25, 0.3) is 10.2 Å². The van der Waals surface area contributed by atoms with Gasteiger partial charge in [-0.2, -0.15) is 4.98 Å². The molecule has 0 saturated carbocycles. The van der Waals surface area contributed by atoms with Crippen molar-refractivity contribution < 1.29 is 0 Å². The summed E-state index contributed by atoms with van der Waals surface area (Å²) in [7, 11) is 0. The van der Waals surface area contributed by atoms with Gasteiger partial charge in [-0.3, -0.25) is 5.43 Å². The van der Waals surface area contributed by atoms with Crippen LogP contribution in [0, 0.1) is 6.92 Å². The van der Waals surface area contributed by atoms with Crippen molar-refractivity contribution in [2.24, 2.45) is 5.84 Å². The Kier molecular flexibility index (Phi) is 3.86. The molecule has 0 atom stereocenters. The summed E-state index contributed by atoms with van der Waals surface area (Å²) >= 11 is 13.5. The van der Waals surface area contributed by atoms with Gasteiger partial charge in [-0.15, -0.1) is 11.3 Å². The molecule has 4 N–H and O–H groups in total. The number of rotatable bonds is 3. The number of benzene rings is 1. The van der Waals surface area contributed by atoms with E-state index < -0.39 is 0 Å². The van der Waals surface area contributed by atoms with Gasteiger partial charge in [-0.05, 0) is 31.2 Å². The topological polar surface area (TPSA) is 75.9 Å². The quantitative estimate of drug-likeness (QED) is 0.489. The minimum atomic E-state index is 0.354. The van der Waals surface area contributed by atoms with Crippen molar-refractivity contribution in [1.29, 1.82) is 0 Å². The lowest BCUT2D eigenvalue weighted by atomic mass is 10.3. The molecule has 1 aromatic carbocycles. The molecule has 0 fully saturated rings. The Balaban J connectivity index is 2.07. The Hall–Kier alpha value is -1.60. The number of fused-ring (bicyclic) bond motifs is 1. The molecule has 0 spiro atoms. The first kappa shape index (κ1) is 14.3. The second-order valence-corrected chi connectivity index (χ2v) is 6.42. The first-order valence-corrected chi connectivity index (χ1v) is 7.61. The summed E-state index contributed by atoms with van der Waals surface area (Å²) in [5.41, 5.74) is 3.26. The number of hydrogen-bond acceptors (Lipinski definition) is 6. The Bertz CT molecular complexity index is 818. The minimum absolute atomic E-state index is 0.354. The molecule has 108 valence electrons. The third-order valence-electron chi connectivity index (χ3n) is 2.83. The molecule has 8 heteroatoms. The van der Waals surface area contributed by atoms with Crippen LogP contribution in [-0.2, 0) is 0 Å². The van der Waals surface area contributed by atoms with E-state index in [4.69, 9.17) is 29.0 Å². The Morgan fingerprint density at radius 2 is 1.95 bits per heavy atom. The molecule has 0 aliphatic rings. The number of thiophene rings is 1. The van der Waals surface area contributed by atoms with E-state index in [-0.39, 0.29) is 0 Å². The van der Waals surface area contributed by atoms with Gasteiger partial charge in [0.1, 0.15) is 10.6 Å². The van der Waals surface area contributed by atoms with Gasteiger partial charge in [-0.1, -0.05) is 23.2 Å². The van der Waals surface area contributed by atoms with E-state index >= 15 is 0 Å². The van der Waals surface area contributed by atoms with Gasteiger partial charge < -0.3 is 5.32 Å². The maximum absolute atomic E-state index is 6.03. The van der Waals surface area contributed by atoms with E-state index in [1.54, 1.807) is 23.5 Å². The van der Waals surface area contributed by atoms with E-state index in [9.17, 15) is 0 Å². The van der Waals surface area contributed by atoms with Gasteiger partial charge >= 0.3 is 0 Å². The fourth-order valence-electron chi connectivity index (χ4n) is 1.91. The molecule has 0 bridgehead atoms. The van der Waals surface area contributed by atoms with E-state index in [2.05, 4.69) is 20.7 Å². The van der Waals surface area contributed by atoms with Crippen molar-refractivity contribution in [3.63, 3.8) is 0 Å². The van der Waals surface area contributed by atoms with Gasteiger partial charge in [0.05, 0.1) is 15.4 Å². The predicted molar refractivity (Wildman–Crippen MR) is 89.7 cm³/mol. The molecule has 5 nitrogen and oxygen atoms in total. The molecule has 3 aromatic rings. The third-order valence-corrected chi connectivity index (χ3v) is 4.51. The fraction of sp³-hybridized carbons (Fsp3) is 0.0769. The van der Waals surface area contributed by atoms with Crippen molar-refractivity contribution >= 4 is 62.2 Å². The molecule has 0 amide bonds. The highest BCUT2D eigenvalue weighted by Gasteiger charge is 2.11. The lowest BCUT2D eigenvalue weighted by molar-refractivity contribution is 1.16. The van der Waals surface area contributed by atoms with Crippen LogP contribution in [0.4, 0.5) is 17.5 Å². The molecular formula is C13H11Cl2N5S. The normalized spacial score (nSPS) is 10.9. The van der Waals surface area contributed by atoms with Gasteiger partial charge in [-0.25, -0.2) is 10.8 Å². The number of nitrogen functional groups attached to an aromatic ring is 1. The lowest BCUT2D eigenvalue weighted by Gasteiger charge is -2.09. The van der Waals surface area contributed by atoms with E-state index in [1.807, 2.05) is 19.1 Å². The highest BCUT2D eigenvalue weighted by atomic mass is 35.5. The molecule has 0 aliphatic heterocycles. The summed E-state index contributed by atoms with van der Waals surface area (Å²) < 4.78 is 0. The number of halogens is 2. The number of nitrogens with one attached hydrogen (secondary N) is 2. The van der Waals surface area contributed by atoms with Crippen LogP contribution in [0.1, 0.15) is 4.88 Å². The van der Waals surface area contributed by atoms with Crippen molar-refractivity contribution in [1.82, 2.24) is 9.97 Å². The monoisotopic (exact) mass is 339 g/mol. The summed E-state index contributed by atoms with van der Waals surface area (Å²) in [4.78, 5) is 10.7. The first-order chi connectivity index (χ1) is 10.1. The largest absolute Gasteiger partial charge is 0.339 e. The van der Waals surface area contributed by atoms with Gasteiger partial charge in [0.15, 0.2) is 0 Å². The zero-order chi connectivity index (χ0) is 15.0. The predicted octanol–water partition coefficient (Wildman–Crippen LogP) is 4.34. The highest BCUT2D eigenvalue weighted by Crippen LogP contribution is 2.32. The number of nitrogens with zero attached hydrogens (tertiary/aromatic N) is 2. The number of nitrogens with two attached hydrogens (primary N) is 1. The van der Waals surface area contributed by atoms with Crippen LogP contribution in [0.15, 0.2) is 24.3 Å². The molecule has 0 saturated heterocycles. The third kappa shape index (κ3) is 2.89. The number of aryl methyl sites for hydroxylation is 1. The maximum atomic E-state index is 6.03. The van der Waals surface area contributed by atoms with Crippen LogP contribution < -0.4 is 16.6 Å². The standard InChI is InChI=1S/C13H11Cl2N5S/c1-6-4-8-11(18-13(20-16)19-12(8)21-6)17-7-2-3-9(14)10(15)5-7/h2-5H,16H2,1H3,(H2,17,18,19,20). The van der Waals surface area contributed by atoms with Crippen LogP contribution >= 0.6 is 34.5 Å². The average Bonchev–Trinajstić information content (AvgIpc) is 2.83. The van der Waals surface area contributed by atoms with Crippen LogP contribution in [0.5, 0.6) is 0 Å². The average molecular weight is 340 g/mol. The summed E-state index contributed by atoms with van der Waals surface area (Å²) in [6.45, 7) is 2.02. The summed E-state index contributed by atoms with van der Waals surface area (Å²) in [5.74, 6) is 6.43. The second-order valence-electron chi connectivity index (χ2n) is 4.37. The Morgan fingerprint density at radius 1 is 1.14 bits per heavy atom. The first-order valence-electron chi connectivity index (χ1n) is 6.03. The number of hydrazine groups is 1. The summed E-state index contributed by atoms with van der Waals surface area (Å²) in [6.07, 6.45) is 0. The van der Waals surface area contributed by atoms with Crippen LogP contribution in [-0.4, -0.2) is 9.97 Å². The summed E-state index contributed by atoms with van der Waals surface area (Å²) in [5, 5.41) is 5.14. The van der Waals surface area contributed by atoms with E-state index in [0.717, 1.165) is 20.8 Å². The van der Waals surface area contributed by atoms with E-state index in [0.29, 0.717) is 21.8 Å². The van der Waals surface area contributed by atoms with Crippen molar-refractivity contribution in [3.8, 4) is 0 Å². The van der Waals surface area contributed by atoms with Gasteiger partial charge in [0.25, 0.3) is 0 Å². The zero-order valence-electron chi connectivity index (χ0n) is 10.9. The van der Waals surface area contributed by atoms with Gasteiger partial charge in [0.2, 0.25) is 5.95 Å². The Morgan fingerprint density at radius 3 is 2.67 bits per heavy atom. The van der Waals surface area contributed by atoms with Crippen LogP contribution in [0.3, 0.4) is 0 Å². The van der Waals surface area contributed by atoms with Crippen molar-refractivity contribution in [2.45, 2.75) is 6.92 Å². The molecule has 0 unspecified atom stereocenters. The lowest BCUT2D eigenvalue weighted by Crippen LogP contribution is -2.11.